The van der Waals surface area contributed by atoms with Crippen molar-refractivity contribution in [3.05, 3.63) is 30.1 Å². The van der Waals surface area contributed by atoms with Gasteiger partial charge in [0, 0.05) is 30.9 Å². The van der Waals surface area contributed by atoms with Gasteiger partial charge in [-0.15, -0.1) is 0 Å². The molecule has 0 fully saturated rings. The number of carbonyl (C=O) groups excluding carboxylic acids is 1. The van der Waals surface area contributed by atoms with Crippen LogP contribution in [0.5, 0.6) is 0 Å². The highest BCUT2D eigenvalue weighted by Crippen LogP contribution is 2.01. The van der Waals surface area contributed by atoms with E-state index < -0.39 is 5.97 Å². The van der Waals surface area contributed by atoms with Gasteiger partial charge >= 0.3 is 12.0 Å². The Morgan fingerprint density at radius 3 is 2.80 bits per heavy atom. The quantitative estimate of drug-likeness (QED) is 0.673. The molecule has 1 aromatic rings. The highest BCUT2D eigenvalue weighted by Gasteiger charge is 2.14. The van der Waals surface area contributed by atoms with Crippen molar-refractivity contribution in [2.75, 3.05) is 6.54 Å². The second kappa shape index (κ2) is 8.90. The summed E-state index contributed by atoms with van der Waals surface area (Å²) in [5.41, 5.74) is 0.906. The van der Waals surface area contributed by atoms with E-state index in [-0.39, 0.29) is 18.5 Å². The maximum atomic E-state index is 11.7. The van der Waals surface area contributed by atoms with E-state index in [1.54, 1.807) is 6.20 Å². The Bertz CT molecular complexity index is 423. The molecule has 0 saturated carbocycles. The lowest BCUT2D eigenvalue weighted by atomic mass is 10.1. The predicted octanol–water partition coefficient (Wildman–Crippen LogP) is 1.57. The molecule has 0 radical (unpaired) electrons. The first kappa shape index (κ1) is 15.9. The fraction of sp³-hybridized carbons (Fsp3) is 0.500. The zero-order valence-electron chi connectivity index (χ0n) is 11.6. The van der Waals surface area contributed by atoms with Crippen molar-refractivity contribution in [2.45, 2.75) is 38.6 Å². The van der Waals surface area contributed by atoms with Crippen molar-refractivity contribution in [2.24, 2.45) is 0 Å². The van der Waals surface area contributed by atoms with E-state index in [0.717, 1.165) is 12.1 Å². The molecule has 0 saturated heterocycles. The molecule has 0 aliphatic carbocycles. The Balaban J connectivity index is 2.29. The van der Waals surface area contributed by atoms with Crippen LogP contribution in [-0.4, -0.2) is 34.7 Å². The number of urea groups is 1. The molecule has 6 nitrogen and oxygen atoms in total. The average Bonchev–Trinajstić information content (AvgIpc) is 2.39. The first-order valence-electron chi connectivity index (χ1n) is 6.78. The van der Waals surface area contributed by atoms with Gasteiger partial charge in [0.2, 0.25) is 0 Å². The summed E-state index contributed by atoms with van der Waals surface area (Å²) in [5.74, 6) is -0.905. The zero-order valence-corrected chi connectivity index (χ0v) is 11.6. The highest BCUT2D eigenvalue weighted by atomic mass is 16.4. The molecule has 110 valence electrons. The monoisotopic (exact) mass is 279 g/mol. The van der Waals surface area contributed by atoms with Crippen LogP contribution in [0.2, 0.25) is 0 Å². The second-order valence-corrected chi connectivity index (χ2v) is 4.55. The lowest BCUT2D eigenvalue weighted by molar-refractivity contribution is -0.137. The maximum absolute atomic E-state index is 11.7. The molecule has 1 aromatic heterocycles. The van der Waals surface area contributed by atoms with Gasteiger partial charge in [-0.3, -0.25) is 9.78 Å². The third kappa shape index (κ3) is 6.72. The largest absolute Gasteiger partial charge is 0.481 e. The van der Waals surface area contributed by atoms with Crippen molar-refractivity contribution >= 4 is 12.0 Å². The number of aromatic nitrogens is 1. The number of aliphatic carboxylic acids is 1. The van der Waals surface area contributed by atoms with Gasteiger partial charge in [0.15, 0.2) is 0 Å². The SMILES string of the molecule is CCCC(CC(=O)O)NC(=O)NCCc1ccccn1. The van der Waals surface area contributed by atoms with Gasteiger partial charge in [-0.1, -0.05) is 19.4 Å². The normalized spacial score (nSPS) is 11.7. The van der Waals surface area contributed by atoms with Crippen LogP contribution in [0.3, 0.4) is 0 Å². The summed E-state index contributed by atoms with van der Waals surface area (Å²) in [6, 6.07) is 4.97. The van der Waals surface area contributed by atoms with E-state index >= 15 is 0 Å². The lowest BCUT2D eigenvalue weighted by Gasteiger charge is -2.16. The molecule has 0 aliphatic heterocycles. The number of amides is 2. The summed E-state index contributed by atoms with van der Waals surface area (Å²) >= 11 is 0. The summed E-state index contributed by atoms with van der Waals surface area (Å²) < 4.78 is 0. The number of hydrogen-bond donors (Lipinski definition) is 3. The first-order chi connectivity index (χ1) is 9.61. The van der Waals surface area contributed by atoms with Crippen LogP contribution >= 0.6 is 0 Å². The maximum Gasteiger partial charge on any atom is 0.315 e. The average molecular weight is 279 g/mol. The minimum atomic E-state index is -0.905. The van der Waals surface area contributed by atoms with E-state index in [0.29, 0.717) is 19.4 Å². The van der Waals surface area contributed by atoms with Crippen LogP contribution in [0.25, 0.3) is 0 Å². The van der Waals surface area contributed by atoms with Gasteiger partial charge in [-0.05, 0) is 18.6 Å². The van der Waals surface area contributed by atoms with E-state index in [4.69, 9.17) is 5.11 Å². The summed E-state index contributed by atoms with van der Waals surface area (Å²) in [6.07, 6.45) is 3.78. The molecule has 0 bridgehead atoms. The molecule has 6 heteroatoms. The van der Waals surface area contributed by atoms with Gasteiger partial charge in [0.1, 0.15) is 0 Å². The summed E-state index contributed by atoms with van der Waals surface area (Å²) in [6.45, 7) is 2.42. The van der Waals surface area contributed by atoms with E-state index in [2.05, 4.69) is 15.6 Å². The highest BCUT2D eigenvalue weighted by molar-refractivity contribution is 5.75. The summed E-state index contributed by atoms with van der Waals surface area (Å²) in [4.78, 5) is 26.5. The van der Waals surface area contributed by atoms with Crippen LogP contribution in [0.4, 0.5) is 4.79 Å². The van der Waals surface area contributed by atoms with Crippen LogP contribution < -0.4 is 10.6 Å². The van der Waals surface area contributed by atoms with Crippen molar-refractivity contribution < 1.29 is 14.7 Å². The molecule has 0 aliphatic rings. The summed E-state index contributed by atoms with van der Waals surface area (Å²) in [5, 5.41) is 14.2. The summed E-state index contributed by atoms with van der Waals surface area (Å²) in [7, 11) is 0. The van der Waals surface area contributed by atoms with Crippen LogP contribution in [-0.2, 0) is 11.2 Å². The second-order valence-electron chi connectivity index (χ2n) is 4.55. The fourth-order valence-corrected chi connectivity index (χ4v) is 1.87. The molecule has 3 N–H and O–H groups in total. The minimum absolute atomic E-state index is 0.0541. The number of carbonyl (C=O) groups is 2. The number of rotatable bonds is 8. The fourth-order valence-electron chi connectivity index (χ4n) is 1.87. The van der Waals surface area contributed by atoms with E-state index in [1.165, 1.54) is 0 Å². The molecule has 20 heavy (non-hydrogen) atoms. The number of nitrogens with one attached hydrogen (secondary N) is 2. The third-order valence-electron chi connectivity index (χ3n) is 2.79. The topological polar surface area (TPSA) is 91.3 Å². The van der Waals surface area contributed by atoms with Gasteiger partial charge in [-0.25, -0.2) is 4.79 Å². The van der Waals surface area contributed by atoms with Crippen LogP contribution in [0.15, 0.2) is 24.4 Å². The van der Waals surface area contributed by atoms with Gasteiger partial charge in [0.25, 0.3) is 0 Å². The third-order valence-corrected chi connectivity index (χ3v) is 2.79. The Kier molecular flexibility index (Phi) is 7.10. The molecule has 0 aromatic carbocycles. The molecule has 0 spiro atoms. The number of carboxylic acid groups (broad SMARTS) is 1. The lowest BCUT2D eigenvalue weighted by Crippen LogP contribution is -2.43. The van der Waals surface area contributed by atoms with Gasteiger partial charge in [-0.2, -0.15) is 0 Å². The van der Waals surface area contributed by atoms with Crippen molar-refractivity contribution in [3.8, 4) is 0 Å². The predicted molar refractivity (Wildman–Crippen MR) is 75.4 cm³/mol. The molecule has 1 heterocycles. The van der Waals surface area contributed by atoms with Gasteiger partial charge in [0.05, 0.1) is 6.42 Å². The smallest absolute Gasteiger partial charge is 0.315 e. The van der Waals surface area contributed by atoms with Crippen molar-refractivity contribution in [3.63, 3.8) is 0 Å². The molecule has 2 amide bonds. The van der Waals surface area contributed by atoms with Crippen LogP contribution in [0, 0.1) is 0 Å². The Hall–Kier alpha value is -2.11. The van der Waals surface area contributed by atoms with Gasteiger partial charge < -0.3 is 15.7 Å². The standard InChI is InChI=1S/C14H21N3O3/c1-2-5-12(10-13(18)19)17-14(20)16-9-7-11-6-3-4-8-15-11/h3-4,6,8,12H,2,5,7,9-10H2,1H3,(H,18,19)(H2,16,17,20). The number of nitrogens with zero attached hydrogens (tertiary/aromatic N) is 1. The number of pyridine rings is 1. The minimum Gasteiger partial charge on any atom is -0.481 e. The molecule has 1 atom stereocenters. The molecular formula is C14H21N3O3. The van der Waals surface area contributed by atoms with E-state index in [9.17, 15) is 9.59 Å². The molecular weight excluding hydrogens is 258 g/mol. The van der Waals surface area contributed by atoms with Crippen molar-refractivity contribution in [1.82, 2.24) is 15.6 Å². The first-order valence-corrected chi connectivity index (χ1v) is 6.78. The Morgan fingerprint density at radius 2 is 2.20 bits per heavy atom. The van der Waals surface area contributed by atoms with Crippen LogP contribution in [0.1, 0.15) is 31.9 Å². The van der Waals surface area contributed by atoms with E-state index in [1.807, 2.05) is 25.1 Å². The molecule has 1 rings (SSSR count). The Morgan fingerprint density at radius 1 is 1.40 bits per heavy atom. The Labute approximate surface area is 118 Å². The van der Waals surface area contributed by atoms with Crippen molar-refractivity contribution in [1.29, 1.82) is 0 Å². The number of carboxylic acids is 1. The molecule has 1 unspecified atom stereocenters. The number of hydrogen-bond acceptors (Lipinski definition) is 3. The zero-order chi connectivity index (χ0) is 14.8.